The van der Waals surface area contributed by atoms with Gasteiger partial charge in [0.2, 0.25) is 5.88 Å². The number of fused-ring (bicyclic) bond motifs is 1. The molecule has 32 heavy (non-hydrogen) atoms. The number of anilines is 1. The number of benzene rings is 1. The molecule has 12 heteroatoms. The minimum absolute atomic E-state index is 0.00524. The van der Waals surface area contributed by atoms with E-state index in [9.17, 15) is 18.0 Å². The van der Waals surface area contributed by atoms with Crippen LogP contribution in [0.4, 0.5) is 18.9 Å². The summed E-state index contributed by atoms with van der Waals surface area (Å²) in [6.07, 6.45) is -1.77. The molecule has 1 saturated heterocycles. The van der Waals surface area contributed by atoms with Gasteiger partial charge in [-0.2, -0.15) is 0 Å². The van der Waals surface area contributed by atoms with Crippen molar-refractivity contribution in [2.24, 2.45) is 16.6 Å². The van der Waals surface area contributed by atoms with E-state index in [1.807, 2.05) is 0 Å². The number of hydrogen-bond donors (Lipinski definition) is 2. The predicted octanol–water partition coefficient (Wildman–Crippen LogP) is 2.09. The van der Waals surface area contributed by atoms with Crippen molar-refractivity contribution in [3.05, 3.63) is 47.7 Å². The maximum absolute atomic E-state index is 14.9. The zero-order valence-corrected chi connectivity index (χ0v) is 16.9. The Morgan fingerprint density at radius 2 is 2.19 bits per heavy atom. The Labute approximate surface area is 180 Å². The zero-order chi connectivity index (χ0) is 22.9. The lowest BCUT2D eigenvalue weighted by atomic mass is 9.77. The molecule has 1 aromatic carbocycles. The summed E-state index contributed by atoms with van der Waals surface area (Å²) in [5, 5.41) is 2.59. The van der Waals surface area contributed by atoms with Crippen molar-refractivity contribution in [3.63, 3.8) is 0 Å². The zero-order valence-electron chi connectivity index (χ0n) is 16.9. The first-order valence-corrected chi connectivity index (χ1v) is 9.78. The highest BCUT2D eigenvalue weighted by atomic mass is 19.3. The quantitative estimate of drug-likeness (QED) is 0.690. The molecule has 0 saturated carbocycles. The average Bonchev–Trinajstić information content (AvgIpc) is 3.15. The highest BCUT2D eigenvalue weighted by molar-refractivity contribution is 6.02. The Hall–Kier alpha value is -3.41. The van der Waals surface area contributed by atoms with Crippen LogP contribution in [0.25, 0.3) is 0 Å². The summed E-state index contributed by atoms with van der Waals surface area (Å²) in [5.41, 5.74) is 4.35. The largest absolute Gasteiger partial charge is 0.477 e. The molecule has 1 fully saturated rings. The second-order valence-corrected chi connectivity index (χ2v) is 7.22. The predicted molar refractivity (Wildman–Crippen MR) is 106 cm³/mol. The Morgan fingerprint density at radius 3 is 2.88 bits per heavy atom. The lowest BCUT2D eigenvalue weighted by Gasteiger charge is -2.35. The monoisotopic (exact) mass is 451 g/mol. The fourth-order valence-electron chi connectivity index (χ4n) is 3.84. The van der Waals surface area contributed by atoms with Crippen LogP contribution in [0.2, 0.25) is 0 Å². The summed E-state index contributed by atoms with van der Waals surface area (Å²) < 4.78 is 57.4. The molecule has 3 heterocycles. The van der Waals surface area contributed by atoms with Crippen molar-refractivity contribution in [1.82, 2.24) is 9.97 Å². The van der Waals surface area contributed by atoms with Crippen LogP contribution in [0.5, 0.6) is 5.88 Å². The van der Waals surface area contributed by atoms with E-state index in [1.165, 1.54) is 24.5 Å². The molecule has 0 radical (unpaired) electrons. The molecular formula is C20H20F3N5O4. The third-order valence-electron chi connectivity index (χ3n) is 5.32. The van der Waals surface area contributed by atoms with Crippen LogP contribution in [0.15, 0.2) is 35.6 Å². The fraction of sp³-hybridized carbons (Fsp3) is 0.400. The number of rotatable bonds is 6. The van der Waals surface area contributed by atoms with E-state index in [2.05, 4.69) is 20.3 Å². The lowest BCUT2D eigenvalue weighted by molar-refractivity contribution is -0.0475. The van der Waals surface area contributed by atoms with Gasteiger partial charge >= 0.3 is 0 Å². The third-order valence-corrected chi connectivity index (χ3v) is 5.32. The molecule has 1 aromatic heterocycles. The molecule has 3 unspecified atom stereocenters. The van der Waals surface area contributed by atoms with E-state index in [4.69, 9.17) is 19.9 Å². The Balaban J connectivity index is 1.64. The number of amides is 1. The first-order chi connectivity index (χ1) is 15.3. The van der Waals surface area contributed by atoms with E-state index in [1.54, 1.807) is 6.92 Å². The fourth-order valence-corrected chi connectivity index (χ4v) is 3.84. The Morgan fingerprint density at radius 1 is 1.38 bits per heavy atom. The van der Waals surface area contributed by atoms with Gasteiger partial charge in [0.1, 0.15) is 23.2 Å². The van der Waals surface area contributed by atoms with Gasteiger partial charge in [-0.15, -0.1) is 0 Å². The number of ether oxygens (including phenoxy) is 3. The van der Waals surface area contributed by atoms with Gasteiger partial charge in [0, 0.05) is 11.3 Å². The molecule has 9 nitrogen and oxygen atoms in total. The number of aromatic nitrogens is 2. The van der Waals surface area contributed by atoms with E-state index in [-0.39, 0.29) is 42.1 Å². The molecule has 170 valence electrons. The number of nitrogens with two attached hydrogens (primary N) is 1. The highest BCUT2D eigenvalue weighted by Crippen LogP contribution is 2.47. The average molecular weight is 451 g/mol. The van der Waals surface area contributed by atoms with Crippen LogP contribution in [-0.2, 0) is 15.0 Å². The number of alkyl halides is 2. The minimum atomic E-state index is -2.82. The van der Waals surface area contributed by atoms with Crippen LogP contribution in [0.3, 0.4) is 0 Å². The van der Waals surface area contributed by atoms with E-state index < -0.39 is 35.7 Å². The molecule has 2 aromatic rings. The number of hydrogen-bond acceptors (Lipinski definition) is 8. The van der Waals surface area contributed by atoms with Crippen LogP contribution < -0.4 is 15.8 Å². The summed E-state index contributed by atoms with van der Waals surface area (Å²) in [7, 11) is 0. The van der Waals surface area contributed by atoms with E-state index >= 15 is 0 Å². The summed E-state index contributed by atoms with van der Waals surface area (Å²) in [6, 6.07) is 3.51. The van der Waals surface area contributed by atoms with Gasteiger partial charge in [-0.05, 0) is 25.1 Å². The smallest absolute Gasteiger partial charge is 0.282 e. The summed E-state index contributed by atoms with van der Waals surface area (Å²) in [5.74, 6) is -2.00. The second-order valence-electron chi connectivity index (χ2n) is 7.22. The molecular weight excluding hydrogens is 431 g/mol. The third kappa shape index (κ3) is 3.93. The SMILES string of the molecule is CCOc1cnc(C(=O)Nc2ccc(F)c(C34COC(C(F)F)C3COC(N)=N4)c2)cn1. The Kier molecular flexibility index (Phi) is 5.87. The van der Waals surface area contributed by atoms with Gasteiger partial charge in [0.25, 0.3) is 18.4 Å². The maximum atomic E-state index is 14.9. The minimum Gasteiger partial charge on any atom is -0.477 e. The van der Waals surface area contributed by atoms with Gasteiger partial charge in [0.15, 0.2) is 0 Å². The van der Waals surface area contributed by atoms with Gasteiger partial charge in [0.05, 0.1) is 38.1 Å². The summed E-state index contributed by atoms with van der Waals surface area (Å²) in [6.45, 7) is 1.67. The lowest BCUT2D eigenvalue weighted by Crippen LogP contribution is -2.46. The van der Waals surface area contributed by atoms with Crippen LogP contribution >= 0.6 is 0 Å². The summed E-state index contributed by atoms with van der Waals surface area (Å²) >= 11 is 0. The normalized spacial score (nSPS) is 24.5. The Bertz CT molecular complexity index is 1040. The van der Waals surface area contributed by atoms with Crippen LogP contribution in [-0.4, -0.2) is 54.2 Å². The van der Waals surface area contributed by atoms with Gasteiger partial charge in [-0.25, -0.2) is 28.1 Å². The first-order valence-electron chi connectivity index (χ1n) is 9.78. The highest BCUT2D eigenvalue weighted by Gasteiger charge is 2.57. The molecule has 3 N–H and O–H groups in total. The van der Waals surface area contributed by atoms with Crippen molar-refractivity contribution >= 4 is 17.6 Å². The van der Waals surface area contributed by atoms with Crippen LogP contribution in [0.1, 0.15) is 23.0 Å². The van der Waals surface area contributed by atoms with E-state index in [0.29, 0.717) is 6.61 Å². The van der Waals surface area contributed by atoms with Crippen molar-refractivity contribution in [2.45, 2.75) is 25.0 Å². The number of carbonyl (C=O) groups excluding carboxylic acids is 1. The molecule has 2 aliphatic rings. The standard InChI is InChI=1S/C20H20F3N5O4/c1-2-30-15-7-25-14(6-26-15)18(29)27-10-3-4-13(21)11(5-10)20-9-32-16(17(22)23)12(20)8-31-19(24)28-20/h3-7,12,16-17H,2,8-9H2,1H3,(H2,24,28)(H,27,29). The first kappa shape index (κ1) is 21.8. The van der Waals surface area contributed by atoms with Gasteiger partial charge < -0.3 is 25.3 Å². The van der Waals surface area contributed by atoms with Crippen molar-refractivity contribution in [3.8, 4) is 5.88 Å². The van der Waals surface area contributed by atoms with Gasteiger partial charge in [-0.3, -0.25) is 4.79 Å². The number of halogens is 3. The number of carbonyl (C=O) groups is 1. The number of nitrogens with zero attached hydrogens (tertiary/aromatic N) is 3. The van der Waals surface area contributed by atoms with E-state index in [0.717, 1.165) is 6.07 Å². The molecule has 1 amide bonds. The topological polar surface area (TPSA) is 121 Å². The molecule has 4 rings (SSSR count). The van der Waals surface area contributed by atoms with Gasteiger partial charge in [-0.1, -0.05) is 0 Å². The number of nitrogens with one attached hydrogen (secondary N) is 1. The molecule has 0 spiro atoms. The van der Waals surface area contributed by atoms with Crippen molar-refractivity contribution < 1.29 is 32.2 Å². The van der Waals surface area contributed by atoms with Crippen LogP contribution in [0, 0.1) is 11.7 Å². The molecule has 2 aliphatic heterocycles. The van der Waals surface area contributed by atoms with Crippen molar-refractivity contribution in [2.75, 3.05) is 25.1 Å². The number of amidine groups is 1. The number of aliphatic imine (C=N–C) groups is 1. The maximum Gasteiger partial charge on any atom is 0.282 e. The summed E-state index contributed by atoms with van der Waals surface area (Å²) in [4.78, 5) is 24.7. The van der Waals surface area contributed by atoms with Crippen molar-refractivity contribution in [1.29, 1.82) is 0 Å². The second kappa shape index (κ2) is 8.61. The molecule has 0 aliphatic carbocycles. The molecule has 0 bridgehead atoms. The molecule has 3 atom stereocenters.